The highest BCUT2D eigenvalue weighted by molar-refractivity contribution is 5.82. The van der Waals surface area contributed by atoms with Gasteiger partial charge in [-0.25, -0.2) is 4.68 Å². The van der Waals surface area contributed by atoms with E-state index in [1.54, 1.807) is 0 Å². The molecule has 1 saturated heterocycles. The first kappa shape index (κ1) is 20.4. The molecule has 31 heavy (non-hydrogen) atoms. The van der Waals surface area contributed by atoms with Crippen LogP contribution in [0, 0.1) is 12.8 Å². The quantitative estimate of drug-likeness (QED) is 0.686. The maximum atomic E-state index is 13.4. The maximum Gasteiger partial charge on any atom is 0.253 e. The smallest absolute Gasteiger partial charge is 0.253 e. The third-order valence-corrected chi connectivity index (χ3v) is 7.28. The van der Waals surface area contributed by atoms with Crippen molar-refractivity contribution in [1.82, 2.24) is 30.1 Å². The number of aryl methyl sites for hydroxylation is 1. The lowest BCUT2D eigenvalue weighted by molar-refractivity contribution is 0.146. The molecule has 1 saturated carbocycles. The summed E-state index contributed by atoms with van der Waals surface area (Å²) < 4.78 is 2.03. The lowest BCUT2D eigenvalue weighted by Crippen LogP contribution is -2.40. The van der Waals surface area contributed by atoms with Crippen LogP contribution >= 0.6 is 0 Å². The Hall–Kier alpha value is -2.54. The number of benzene rings is 1. The van der Waals surface area contributed by atoms with Crippen molar-refractivity contribution in [1.29, 1.82) is 0 Å². The highest BCUT2D eigenvalue weighted by atomic mass is 16.1. The number of piperidine rings is 1. The number of aromatic nitrogens is 5. The van der Waals surface area contributed by atoms with Gasteiger partial charge in [-0.15, -0.1) is 5.10 Å². The van der Waals surface area contributed by atoms with Crippen LogP contribution in [0.2, 0.25) is 0 Å². The minimum absolute atomic E-state index is 0.0383. The summed E-state index contributed by atoms with van der Waals surface area (Å²) in [6.45, 7) is 6.25. The van der Waals surface area contributed by atoms with E-state index in [1.807, 2.05) is 23.7 Å². The molecule has 1 atom stereocenters. The van der Waals surface area contributed by atoms with E-state index in [-0.39, 0.29) is 11.6 Å². The average molecular weight is 421 g/mol. The molecule has 7 heteroatoms. The summed E-state index contributed by atoms with van der Waals surface area (Å²) in [7, 11) is 0. The largest absolute Gasteiger partial charge is 0.321 e. The Morgan fingerprint density at radius 3 is 2.65 bits per heavy atom. The molecule has 3 heterocycles. The van der Waals surface area contributed by atoms with Gasteiger partial charge in [-0.2, -0.15) is 0 Å². The predicted octanol–water partition coefficient (Wildman–Crippen LogP) is 4.15. The van der Waals surface area contributed by atoms with Crippen LogP contribution in [0.1, 0.15) is 80.9 Å². The topological polar surface area (TPSA) is 79.7 Å². The molecule has 1 aliphatic carbocycles. The first-order chi connectivity index (χ1) is 15.1. The van der Waals surface area contributed by atoms with Crippen molar-refractivity contribution >= 4 is 10.9 Å². The van der Waals surface area contributed by atoms with E-state index in [0.717, 1.165) is 66.6 Å². The number of para-hydroxylation sites is 1. The number of H-pyrrole nitrogens is 1. The van der Waals surface area contributed by atoms with Crippen LogP contribution in [0.15, 0.2) is 29.1 Å². The van der Waals surface area contributed by atoms with Crippen molar-refractivity contribution in [2.75, 3.05) is 13.1 Å². The normalized spacial score (nSPS) is 20.3. The third-order valence-electron chi connectivity index (χ3n) is 7.28. The van der Waals surface area contributed by atoms with E-state index >= 15 is 0 Å². The Balaban J connectivity index is 1.63. The van der Waals surface area contributed by atoms with Crippen LogP contribution in [0.25, 0.3) is 10.9 Å². The van der Waals surface area contributed by atoms with Crippen molar-refractivity contribution < 1.29 is 0 Å². The lowest BCUT2D eigenvalue weighted by Gasteiger charge is -2.36. The summed E-state index contributed by atoms with van der Waals surface area (Å²) in [4.78, 5) is 18.9. The van der Waals surface area contributed by atoms with Crippen LogP contribution < -0.4 is 5.56 Å². The SMILES string of the molecule is Cc1cccc2cc([C@@H](c3nnnn3C3CCCCC3)N3CCC(C)CC3)c(=O)[nH]c12. The van der Waals surface area contributed by atoms with Gasteiger partial charge >= 0.3 is 0 Å². The van der Waals surface area contributed by atoms with Crippen molar-refractivity contribution in [3.63, 3.8) is 0 Å². The zero-order valence-corrected chi connectivity index (χ0v) is 18.5. The number of hydrogen-bond donors (Lipinski definition) is 1. The second-order valence-corrected chi connectivity index (χ2v) is 9.49. The van der Waals surface area contributed by atoms with Crippen LogP contribution in [0.4, 0.5) is 0 Å². The molecule has 164 valence electrons. The van der Waals surface area contributed by atoms with Gasteiger partial charge in [0.05, 0.1) is 11.6 Å². The van der Waals surface area contributed by atoms with Crippen LogP contribution in [-0.4, -0.2) is 43.2 Å². The zero-order chi connectivity index (χ0) is 21.4. The summed E-state index contributed by atoms with van der Waals surface area (Å²) in [5.74, 6) is 1.53. The summed E-state index contributed by atoms with van der Waals surface area (Å²) in [6.07, 6.45) is 8.19. The second kappa shape index (κ2) is 8.54. The standard InChI is InChI=1S/C24H32N6O/c1-16-11-13-29(14-12-16)22(23-26-27-28-30(23)19-9-4-3-5-10-19)20-15-18-8-6-7-17(2)21(18)25-24(20)31/h6-8,15-16,19,22H,3-5,9-14H2,1-2H3,(H,25,31)/t22-/m0/s1. The van der Waals surface area contributed by atoms with Gasteiger partial charge in [-0.1, -0.05) is 44.4 Å². The maximum absolute atomic E-state index is 13.4. The van der Waals surface area contributed by atoms with Gasteiger partial charge in [-0.3, -0.25) is 9.69 Å². The molecule has 2 aromatic heterocycles. The molecule has 7 nitrogen and oxygen atoms in total. The van der Waals surface area contributed by atoms with Gasteiger partial charge in [0.2, 0.25) is 0 Å². The van der Waals surface area contributed by atoms with Crippen molar-refractivity contribution in [2.45, 2.75) is 70.9 Å². The molecule has 0 bridgehead atoms. The fraction of sp³-hybridized carbons (Fsp3) is 0.583. The number of hydrogen-bond acceptors (Lipinski definition) is 5. The lowest BCUT2D eigenvalue weighted by atomic mass is 9.93. The van der Waals surface area contributed by atoms with Crippen molar-refractivity contribution in [3.05, 3.63) is 51.6 Å². The van der Waals surface area contributed by atoms with E-state index < -0.39 is 0 Å². The Morgan fingerprint density at radius 2 is 1.87 bits per heavy atom. The van der Waals surface area contributed by atoms with Crippen molar-refractivity contribution in [3.8, 4) is 0 Å². The summed E-state index contributed by atoms with van der Waals surface area (Å²) in [6, 6.07) is 8.31. The average Bonchev–Trinajstić information content (AvgIpc) is 3.26. The number of pyridine rings is 1. The number of rotatable bonds is 4. The number of likely N-dealkylation sites (tertiary alicyclic amines) is 1. The van der Waals surface area contributed by atoms with Gasteiger partial charge in [0.1, 0.15) is 6.04 Å². The first-order valence-electron chi connectivity index (χ1n) is 11.8. The van der Waals surface area contributed by atoms with E-state index in [0.29, 0.717) is 12.0 Å². The Kier molecular flexibility index (Phi) is 5.61. The minimum atomic E-state index is -0.224. The fourth-order valence-corrected chi connectivity index (χ4v) is 5.36. The number of tetrazole rings is 1. The molecule has 1 N–H and O–H groups in total. The highest BCUT2D eigenvalue weighted by Crippen LogP contribution is 2.34. The minimum Gasteiger partial charge on any atom is -0.321 e. The predicted molar refractivity (Wildman–Crippen MR) is 121 cm³/mol. The van der Waals surface area contributed by atoms with E-state index in [4.69, 9.17) is 0 Å². The van der Waals surface area contributed by atoms with E-state index in [1.165, 1.54) is 19.3 Å². The van der Waals surface area contributed by atoms with Crippen molar-refractivity contribution in [2.24, 2.45) is 5.92 Å². The van der Waals surface area contributed by atoms with Crippen LogP contribution in [-0.2, 0) is 0 Å². The zero-order valence-electron chi connectivity index (χ0n) is 18.5. The van der Waals surface area contributed by atoms with Gasteiger partial charge in [-0.05, 0) is 79.1 Å². The number of fused-ring (bicyclic) bond motifs is 1. The van der Waals surface area contributed by atoms with Gasteiger partial charge in [0.15, 0.2) is 5.82 Å². The molecular formula is C24H32N6O. The summed E-state index contributed by atoms with van der Waals surface area (Å²) >= 11 is 0. The van der Waals surface area contributed by atoms with Crippen LogP contribution in [0.3, 0.4) is 0 Å². The monoisotopic (exact) mass is 420 g/mol. The van der Waals surface area contributed by atoms with Gasteiger partial charge < -0.3 is 4.98 Å². The Bertz CT molecular complexity index is 1100. The molecular weight excluding hydrogens is 388 g/mol. The third kappa shape index (κ3) is 3.91. The highest BCUT2D eigenvalue weighted by Gasteiger charge is 2.34. The molecule has 0 radical (unpaired) electrons. The molecule has 2 aliphatic rings. The Morgan fingerprint density at radius 1 is 1.10 bits per heavy atom. The molecule has 2 fully saturated rings. The number of nitrogens with one attached hydrogen (secondary N) is 1. The van der Waals surface area contributed by atoms with Gasteiger partial charge in [0, 0.05) is 5.56 Å². The molecule has 5 rings (SSSR count). The summed E-state index contributed by atoms with van der Waals surface area (Å²) in [5, 5.41) is 14.1. The first-order valence-corrected chi connectivity index (χ1v) is 11.8. The van der Waals surface area contributed by atoms with E-state index in [9.17, 15) is 4.79 Å². The molecule has 0 spiro atoms. The van der Waals surface area contributed by atoms with Crippen LogP contribution in [0.5, 0.6) is 0 Å². The Labute approximate surface area is 182 Å². The molecule has 0 unspecified atom stereocenters. The van der Waals surface area contributed by atoms with E-state index in [2.05, 4.69) is 44.5 Å². The fourth-order valence-electron chi connectivity index (χ4n) is 5.36. The molecule has 1 aliphatic heterocycles. The second-order valence-electron chi connectivity index (χ2n) is 9.49. The molecule has 0 amide bonds. The number of nitrogens with zero attached hydrogens (tertiary/aromatic N) is 5. The number of aromatic amines is 1. The van der Waals surface area contributed by atoms with Gasteiger partial charge in [0.25, 0.3) is 5.56 Å². The summed E-state index contributed by atoms with van der Waals surface area (Å²) in [5.41, 5.74) is 2.70. The molecule has 1 aromatic carbocycles. The molecule has 3 aromatic rings.